The largest absolute Gasteiger partial charge is 0.481 e. The summed E-state index contributed by atoms with van der Waals surface area (Å²) in [6.07, 6.45) is 3.44. The normalized spacial score (nSPS) is 27.1. The third-order valence-corrected chi connectivity index (χ3v) is 1.90. The van der Waals surface area contributed by atoms with Crippen molar-refractivity contribution in [1.29, 1.82) is 0 Å². The zero-order valence-corrected chi connectivity index (χ0v) is 6.69. The maximum atomic E-state index is 10.9. The molecule has 1 rings (SSSR count). The summed E-state index contributed by atoms with van der Waals surface area (Å²) in [6, 6.07) is 0. The van der Waals surface area contributed by atoms with E-state index in [9.17, 15) is 9.59 Å². The molecule has 0 heterocycles. The zero-order chi connectivity index (χ0) is 9.14. The number of hydrogen-bond donors (Lipinski definition) is 1. The predicted octanol–water partition coefficient (Wildman–Crippen LogP) is 0.436. The Morgan fingerprint density at radius 2 is 2.00 bits per heavy atom. The Morgan fingerprint density at radius 3 is 2.42 bits per heavy atom. The van der Waals surface area contributed by atoms with E-state index in [2.05, 4.69) is 4.74 Å². The van der Waals surface area contributed by atoms with Gasteiger partial charge in [-0.1, -0.05) is 12.2 Å². The maximum absolute atomic E-state index is 10.9. The van der Waals surface area contributed by atoms with Gasteiger partial charge in [-0.2, -0.15) is 0 Å². The fourth-order valence-corrected chi connectivity index (χ4v) is 1.21. The Balaban J connectivity index is 2.53. The first-order valence-electron chi connectivity index (χ1n) is 3.64. The van der Waals surface area contributed by atoms with E-state index in [-0.39, 0.29) is 11.9 Å². The summed E-state index contributed by atoms with van der Waals surface area (Å²) in [4.78, 5) is 21.4. The van der Waals surface area contributed by atoms with Crippen LogP contribution in [0.4, 0.5) is 0 Å². The number of aliphatic carboxylic acids is 1. The highest BCUT2D eigenvalue weighted by molar-refractivity contribution is 5.79. The van der Waals surface area contributed by atoms with Crippen molar-refractivity contribution in [3.05, 3.63) is 12.2 Å². The van der Waals surface area contributed by atoms with E-state index < -0.39 is 11.9 Å². The number of carbonyl (C=O) groups is 2. The van der Waals surface area contributed by atoms with Crippen LogP contribution in [0.1, 0.15) is 6.42 Å². The summed E-state index contributed by atoms with van der Waals surface area (Å²) >= 11 is 0. The average molecular weight is 170 g/mol. The Labute approximate surface area is 69.8 Å². The SMILES string of the molecule is COC(=O)C1C=CC(C(=O)O)C1. The molecular formula is C8H10O4. The van der Waals surface area contributed by atoms with E-state index in [1.807, 2.05) is 0 Å². The van der Waals surface area contributed by atoms with Gasteiger partial charge in [0.15, 0.2) is 0 Å². The van der Waals surface area contributed by atoms with Crippen LogP contribution in [0.2, 0.25) is 0 Å². The van der Waals surface area contributed by atoms with Crippen LogP contribution in [0.15, 0.2) is 12.2 Å². The second kappa shape index (κ2) is 3.38. The fraction of sp³-hybridized carbons (Fsp3) is 0.500. The number of ether oxygens (including phenoxy) is 1. The lowest BCUT2D eigenvalue weighted by atomic mass is 10.0. The van der Waals surface area contributed by atoms with E-state index in [1.165, 1.54) is 13.2 Å². The van der Waals surface area contributed by atoms with Gasteiger partial charge in [0, 0.05) is 0 Å². The lowest BCUT2D eigenvalue weighted by Gasteiger charge is -2.05. The molecule has 0 spiro atoms. The highest BCUT2D eigenvalue weighted by Gasteiger charge is 2.29. The zero-order valence-electron chi connectivity index (χ0n) is 6.69. The van der Waals surface area contributed by atoms with Crippen LogP contribution in [0.3, 0.4) is 0 Å². The molecule has 0 radical (unpaired) electrons. The maximum Gasteiger partial charge on any atom is 0.312 e. The molecule has 0 bridgehead atoms. The summed E-state index contributed by atoms with van der Waals surface area (Å²) in [6.45, 7) is 0. The van der Waals surface area contributed by atoms with E-state index in [0.29, 0.717) is 6.42 Å². The summed E-state index contributed by atoms with van der Waals surface area (Å²) in [5.41, 5.74) is 0. The van der Waals surface area contributed by atoms with Gasteiger partial charge in [0.05, 0.1) is 18.9 Å². The van der Waals surface area contributed by atoms with Gasteiger partial charge in [0.25, 0.3) is 0 Å². The molecule has 66 valence electrons. The summed E-state index contributed by atoms with van der Waals surface area (Å²) in [5.74, 6) is -2.17. The second-order valence-electron chi connectivity index (χ2n) is 2.69. The minimum absolute atomic E-state index is 0.321. The molecule has 2 unspecified atom stereocenters. The van der Waals surface area contributed by atoms with Crippen molar-refractivity contribution >= 4 is 11.9 Å². The standard InChI is InChI=1S/C8H10O4/c1-12-8(11)6-3-2-5(4-6)7(9)10/h2-3,5-6H,4H2,1H3,(H,9,10). The third kappa shape index (κ3) is 1.64. The quantitative estimate of drug-likeness (QED) is 0.482. The van der Waals surface area contributed by atoms with Crippen LogP contribution in [0.25, 0.3) is 0 Å². The lowest BCUT2D eigenvalue weighted by Crippen LogP contribution is -2.16. The number of carbonyl (C=O) groups excluding carboxylic acids is 1. The van der Waals surface area contributed by atoms with Crippen LogP contribution in [0.5, 0.6) is 0 Å². The number of hydrogen-bond acceptors (Lipinski definition) is 3. The van der Waals surface area contributed by atoms with Crippen LogP contribution >= 0.6 is 0 Å². The second-order valence-corrected chi connectivity index (χ2v) is 2.69. The van der Waals surface area contributed by atoms with Crippen molar-refractivity contribution in [3.63, 3.8) is 0 Å². The van der Waals surface area contributed by atoms with Crippen LogP contribution in [0, 0.1) is 11.8 Å². The monoisotopic (exact) mass is 170 g/mol. The molecule has 0 aromatic carbocycles. The number of esters is 1. The molecule has 0 aliphatic heterocycles. The number of methoxy groups -OCH3 is 1. The van der Waals surface area contributed by atoms with Crippen molar-refractivity contribution in [1.82, 2.24) is 0 Å². The molecule has 0 amide bonds. The van der Waals surface area contributed by atoms with Crippen molar-refractivity contribution in [2.75, 3.05) is 7.11 Å². The summed E-state index contributed by atoms with van der Waals surface area (Å²) in [7, 11) is 1.30. The van der Waals surface area contributed by atoms with E-state index >= 15 is 0 Å². The smallest absolute Gasteiger partial charge is 0.312 e. The van der Waals surface area contributed by atoms with Crippen LogP contribution in [-0.4, -0.2) is 24.2 Å². The van der Waals surface area contributed by atoms with Gasteiger partial charge in [0.1, 0.15) is 0 Å². The average Bonchev–Trinajstić information content (AvgIpc) is 2.51. The Hall–Kier alpha value is -1.32. The van der Waals surface area contributed by atoms with Gasteiger partial charge < -0.3 is 9.84 Å². The predicted molar refractivity (Wildman–Crippen MR) is 40.4 cm³/mol. The molecule has 4 nitrogen and oxygen atoms in total. The molecule has 1 aliphatic carbocycles. The molecule has 4 heteroatoms. The van der Waals surface area contributed by atoms with Gasteiger partial charge in [-0.15, -0.1) is 0 Å². The van der Waals surface area contributed by atoms with Gasteiger partial charge >= 0.3 is 11.9 Å². The third-order valence-electron chi connectivity index (χ3n) is 1.90. The number of rotatable bonds is 2. The first-order chi connectivity index (χ1) is 5.65. The Kier molecular flexibility index (Phi) is 2.47. The molecular weight excluding hydrogens is 160 g/mol. The highest BCUT2D eigenvalue weighted by Crippen LogP contribution is 2.24. The minimum atomic E-state index is -0.891. The Morgan fingerprint density at radius 1 is 1.42 bits per heavy atom. The molecule has 0 fully saturated rings. The topological polar surface area (TPSA) is 63.6 Å². The summed E-state index contributed by atoms with van der Waals surface area (Å²) in [5, 5.41) is 8.58. The van der Waals surface area contributed by atoms with Gasteiger partial charge in [0.2, 0.25) is 0 Å². The fourth-order valence-electron chi connectivity index (χ4n) is 1.21. The Bertz CT molecular complexity index is 231. The van der Waals surface area contributed by atoms with Gasteiger partial charge in [-0.05, 0) is 6.42 Å². The van der Waals surface area contributed by atoms with Crippen molar-refractivity contribution in [3.8, 4) is 0 Å². The molecule has 1 N–H and O–H groups in total. The van der Waals surface area contributed by atoms with Gasteiger partial charge in [-0.3, -0.25) is 9.59 Å². The number of carboxylic acids is 1. The minimum Gasteiger partial charge on any atom is -0.481 e. The molecule has 0 saturated carbocycles. The first-order valence-corrected chi connectivity index (χ1v) is 3.64. The molecule has 0 aromatic rings. The van der Waals surface area contributed by atoms with Crippen molar-refractivity contribution < 1.29 is 19.4 Å². The molecule has 2 atom stereocenters. The van der Waals surface area contributed by atoms with Crippen molar-refractivity contribution in [2.24, 2.45) is 11.8 Å². The van der Waals surface area contributed by atoms with E-state index in [0.717, 1.165) is 0 Å². The molecule has 12 heavy (non-hydrogen) atoms. The highest BCUT2D eigenvalue weighted by atomic mass is 16.5. The first kappa shape index (κ1) is 8.77. The molecule has 0 aromatic heterocycles. The summed E-state index contributed by atoms with van der Waals surface area (Å²) < 4.78 is 4.48. The van der Waals surface area contributed by atoms with Crippen LogP contribution in [-0.2, 0) is 14.3 Å². The van der Waals surface area contributed by atoms with E-state index in [1.54, 1.807) is 6.08 Å². The van der Waals surface area contributed by atoms with Crippen LogP contribution < -0.4 is 0 Å². The number of carboxylic acid groups (broad SMARTS) is 1. The lowest BCUT2D eigenvalue weighted by molar-refractivity contribution is -0.144. The van der Waals surface area contributed by atoms with E-state index in [4.69, 9.17) is 5.11 Å². The molecule has 0 saturated heterocycles. The molecule has 1 aliphatic rings. The van der Waals surface area contributed by atoms with Crippen molar-refractivity contribution in [2.45, 2.75) is 6.42 Å². The van der Waals surface area contributed by atoms with Gasteiger partial charge in [-0.25, -0.2) is 0 Å².